The Hall–Kier alpha value is -3.38. The van der Waals surface area contributed by atoms with E-state index in [2.05, 4.69) is 10.1 Å². The molecule has 134 valence electrons. The first-order chi connectivity index (χ1) is 13.0. The summed E-state index contributed by atoms with van der Waals surface area (Å²) in [4.78, 5) is 16.3. The van der Waals surface area contributed by atoms with Gasteiger partial charge in [0, 0.05) is 22.2 Å². The molecule has 0 aliphatic carbocycles. The Bertz CT molecular complexity index is 1140. The van der Waals surface area contributed by atoms with Crippen molar-refractivity contribution in [2.75, 3.05) is 7.11 Å². The van der Waals surface area contributed by atoms with E-state index in [4.69, 9.17) is 16.3 Å². The van der Waals surface area contributed by atoms with Gasteiger partial charge in [-0.2, -0.15) is 5.10 Å². The number of carboxylic acid groups (broad SMARTS) is 1. The van der Waals surface area contributed by atoms with Crippen LogP contribution in [0.4, 0.5) is 0 Å². The predicted octanol–water partition coefficient (Wildman–Crippen LogP) is 4.42. The van der Waals surface area contributed by atoms with Gasteiger partial charge in [-0.15, -0.1) is 0 Å². The molecular weight excluding hydrogens is 366 g/mol. The third-order valence-corrected chi connectivity index (χ3v) is 4.42. The number of nitrogens with zero attached hydrogens (tertiary/aromatic N) is 3. The molecule has 0 fully saturated rings. The van der Waals surface area contributed by atoms with E-state index in [9.17, 15) is 9.90 Å². The number of fused-ring (bicyclic) bond motifs is 1. The van der Waals surface area contributed by atoms with Crippen LogP contribution in [0.2, 0.25) is 5.02 Å². The summed E-state index contributed by atoms with van der Waals surface area (Å²) in [6, 6.07) is 17.7. The first-order valence-electron chi connectivity index (χ1n) is 8.09. The molecule has 0 amide bonds. The molecule has 7 heteroatoms. The van der Waals surface area contributed by atoms with Gasteiger partial charge in [-0.3, -0.25) is 0 Å². The largest absolute Gasteiger partial charge is 0.497 e. The summed E-state index contributed by atoms with van der Waals surface area (Å²) in [6.45, 7) is 0. The molecule has 0 spiro atoms. The summed E-state index contributed by atoms with van der Waals surface area (Å²) in [5.41, 5.74) is 3.26. The minimum atomic E-state index is -1.08. The Morgan fingerprint density at radius 3 is 2.26 bits per heavy atom. The van der Waals surface area contributed by atoms with Gasteiger partial charge in [-0.05, 0) is 42.5 Å². The molecular formula is C20H14ClN3O3. The Morgan fingerprint density at radius 1 is 1.00 bits per heavy atom. The van der Waals surface area contributed by atoms with Gasteiger partial charge in [-0.25, -0.2) is 14.3 Å². The lowest BCUT2D eigenvalue weighted by atomic mass is 10.1. The lowest BCUT2D eigenvalue weighted by Gasteiger charge is -2.06. The minimum Gasteiger partial charge on any atom is -0.497 e. The van der Waals surface area contributed by atoms with Crippen molar-refractivity contribution >= 4 is 23.2 Å². The average molecular weight is 380 g/mol. The van der Waals surface area contributed by atoms with Gasteiger partial charge in [-0.1, -0.05) is 23.7 Å². The second-order valence-electron chi connectivity index (χ2n) is 5.87. The molecule has 0 atom stereocenters. The van der Waals surface area contributed by atoms with Crippen molar-refractivity contribution < 1.29 is 14.6 Å². The fourth-order valence-electron chi connectivity index (χ4n) is 2.80. The summed E-state index contributed by atoms with van der Waals surface area (Å²) >= 11 is 5.93. The molecule has 0 radical (unpaired) electrons. The fraction of sp³-hybridized carbons (Fsp3) is 0.0500. The van der Waals surface area contributed by atoms with Crippen LogP contribution in [0.3, 0.4) is 0 Å². The molecule has 0 unspecified atom stereocenters. The zero-order valence-electron chi connectivity index (χ0n) is 14.3. The summed E-state index contributed by atoms with van der Waals surface area (Å²) in [5.74, 6) is -0.365. The number of carbonyl (C=O) groups is 1. The topological polar surface area (TPSA) is 76.7 Å². The smallest absolute Gasteiger partial charge is 0.354 e. The van der Waals surface area contributed by atoms with Gasteiger partial charge in [0.05, 0.1) is 18.5 Å². The van der Waals surface area contributed by atoms with E-state index in [0.29, 0.717) is 27.8 Å². The maximum atomic E-state index is 11.8. The Kier molecular flexibility index (Phi) is 4.25. The quantitative estimate of drug-likeness (QED) is 0.567. The lowest BCUT2D eigenvalue weighted by Crippen LogP contribution is -2.08. The van der Waals surface area contributed by atoms with Crippen LogP contribution >= 0.6 is 11.6 Å². The number of aromatic nitrogens is 3. The molecule has 2 aromatic heterocycles. The van der Waals surface area contributed by atoms with Crippen LogP contribution in [0, 0.1) is 0 Å². The standard InChI is InChI=1S/C20H14ClN3O3/c1-27-15-8-4-12(5-9-15)16-10-18(20(25)26)24-19(22-16)11-17(23-24)13-2-6-14(21)7-3-13/h2-11H,1H3,(H,25,26). The number of methoxy groups -OCH3 is 1. The summed E-state index contributed by atoms with van der Waals surface area (Å²) < 4.78 is 6.49. The van der Waals surface area contributed by atoms with E-state index in [1.165, 1.54) is 10.6 Å². The van der Waals surface area contributed by atoms with E-state index in [0.717, 1.165) is 11.1 Å². The fourth-order valence-corrected chi connectivity index (χ4v) is 2.92. The van der Waals surface area contributed by atoms with Crippen LogP contribution in [-0.2, 0) is 0 Å². The Morgan fingerprint density at radius 2 is 1.63 bits per heavy atom. The summed E-state index contributed by atoms with van der Waals surface area (Å²) in [7, 11) is 1.59. The molecule has 0 saturated heterocycles. The highest BCUT2D eigenvalue weighted by Gasteiger charge is 2.16. The summed E-state index contributed by atoms with van der Waals surface area (Å²) in [6.07, 6.45) is 0. The first kappa shape index (κ1) is 17.1. The molecule has 1 N–H and O–H groups in total. The van der Waals surface area contributed by atoms with Crippen molar-refractivity contribution in [1.82, 2.24) is 14.6 Å². The Balaban J connectivity index is 1.87. The number of benzene rings is 2. The van der Waals surface area contributed by atoms with Crippen LogP contribution in [0.25, 0.3) is 28.2 Å². The number of rotatable bonds is 4. The zero-order chi connectivity index (χ0) is 19.0. The van der Waals surface area contributed by atoms with Crippen molar-refractivity contribution in [2.45, 2.75) is 0 Å². The van der Waals surface area contributed by atoms with E-state index in [-0.39, 0.29) is 5.69 Å². The number of ether oxygens (including phenoxy) is 1. The number of hydrogen-bond donors (Lipinski definition) is 1. The van der Waals surface area contributed by atoms with E-state index in [1.807, 2.05) is 24.3 Å². The molecule has 0 aliphatic rings. The molecule has 0 bridgehead atoms. The SMILES string of the molecule is COc1ccc(-c2cc(C(=O)O)n3nc(-c4ccc(Cl)cc4)cc3n2)cc1. The minimum absolute atomic E-state index is 0.0334. The highest BCUT2D eigenvalue weighted by molar-refractivity contribution is 6.30. The van der Waals surface area contributed by atoms with E-state index in [1.54, 1.807) is 37.4 Å². The van der Waals surface area contributed by atoms with E-state index >= 15 is 0 Å². The van der Waals surface area contributed by atoms with Crippen LogP contribution in [0.5, 0.6) is 5.75 Å². The van der Waals surface area contributed by atoms with Crippen LogP contribution in [0.15, 0.2) is 60.7 Å². The lowest BCUT2D eigenvalue weighted by molar-refractivity contribution is 0.0687. The molecule has 27 heavy (non-hydrogen) atoms. The van der Waals surface area contributed by atoms with Gasteiger partial charge < -0.3 is 9.84 Å². The molecule has 6 nitrogen and oxygen atoms in total. The maximum Gasteiger partial charge on any atom is 0.354 e. The van der Waals surface area contributed by atoms with Crippen molar-refractivity contribution in [1.29, 1.82) is 0 Å². The third-order valence-electron chi connectivity index (χ3n) is 4.17. The maximum absolute atomic E-state index is 11.8. The number of carboxylic acids is 1. The Labute approximate surface area is 159 Å². The van der Waals surface area contributed by atoms with Crippen LogP contribution < -0.4 is 4.74 Å². The van der Waals surface area contributed by atoms with Gasteiger partial charge in [0.2, 0.25) is 0 Å². The van der Waals surface area contributed by atoms with Crippen LogP contribution in [-0.4, -0.2) is 32.8 Å². The molecule has 4 aromatic rings. The van der Waals surface area contributed by atoms with Crippen molar-refractivity contribution in [3.8, 4) is 28.3 Å². The number of halogens is 1. The molecule has 4 rings (SSSR count). The number of aromatic carboxylic acids is 1. The average Bonchev–Trinajstić information content (AvgIpc) is 3.11. The monoisotopic (exact) mass is 379 g/mol. The van der Waals surface area contributed by atoms with E-state index < -0.39 is 5.97 Å². The van der Waals surface area contributed by atoms with Crippen molar-refractivity contribution in [3.05, 3.63) is 71.4 Å². The number of hydrogen-bond acceptors (Lipinski definition) is 4. The van der Waals surface area contributed by atoms with Crippen LogP contribution in [0.1, 0.15) is 10.5 Å². The normalized spacial score (nSPS) is 10.9. The highest BCUT2D eigenvalue weighted by atomic mass is 35.5. The molecule has 2 aromatic carbocycles. The van der Waals surface area contributed by atoms with Crippen molar-refractivity contribution in [3.63, 3.8) is 0 Å². The molecule has 0 aliphatic heterocycles. The van der Waals surface area contributed by atoms with Gasteiger partial charge in [0.1, 0.15) is 5.75 Å². The highest BCUT2D eigenvalue weighted by Crippen LogP contribution is 2.26. The van der Waals surface area contributed by atoms with Gasteiger partial charge >= 0.3 is 5.97 Å². The molecule has 2 heterocycles. The third kappa shape index (κ3) is 3.22. The zero-order valence-corrected chi connectivity index (χ0v) is 15.0. The van der Waals surface area contributed by atoms with Gasteiger partial charge in [0.15, 0.2) is 11.3 Å². The predicted molar refractivity (Wildman–Crippen MR) is 102 cm³/mol. The summed E-state index contributed by atoms with van der Waals surface area (Å²) in [5, 5.41) is 14.7. The van der Waals surface area contributed by atoms with Crippen molar-refractivity contribution in [2.24, 2.45) is 0 Å². The second-order valence-corrected chi connectivity index (χ2v) is 6.30. The first-order valence-corrected chi connectivity index (χ1v) is 8.47. The van der Waals surface area contributed by atoms with Gasteiger partial charge in [0.25, 0.3) is 0 Å². The molecule has 0 saturated carbocycles. The second kappa shape index (κ2) is 6.74.